The number of amides is 5. The third kappa shape index (κ3) is 13.4. The Labute approximate surface area is 331 Å². The van der Waals surface area contributed by atoms with Gasteiger partial charge in [-0.15, -0.1) is 0 Å². The first kappa shape index (κ1) is 45.6. The molecule has 2 aromatic heterocycles. The monoisotopic (exact) mass is 795 g/mol. The second kappa shape index (κ2) is 21.5. The molecular formula is C39H57N9O9. The number of carboxylic acids is 2. The van der Waals surface area contributed by atoms with Gasteiger partial charge in [-0.05, 0) is 35.8 Å². The van der Waals surface area contributed by atoms with Gasteiger partial charge in [-0.1, -0.05) is 72.6 Å². The van der Waals surface area contributed by atoms with Crippen LogP contribution in [0.2, 0.25) is 0 Å². The Bertz CT molecular complexity index is 1840. The maximum absolute atomic E-state index is 14.3. The third-order valence-electron chi connectivity index (χ3n) is 10.0. The Morgan fingerprint density at radius 3 is 1.88 bits per heavy atom. The number of nitrogens with two attached hydrogens (primary N) is 1. The molecule has 3 aromatic rings. The van der Waals surface area contributed by atoms with Crippen LogP contribution in [0.3, 0.4) is 0 Å². The van der Waals surface area contributed by atoms with Crippen molar-refractivity contribution in [2.24, 2.45) is 23.5 Å². The summed E-state index contributed by atoms with van der Waals surface area (Å²) in [5, 5.41) is 32.6. The number of carboxylic acid groups (broad SMARTS) is 2. The van der Waals surface area contributed by atoms with E-state index >= 15 is 0 Å². The fourth-order valence-corrected chi connectivity index (χ4v) is 6.18. The first-order chi connectivity index (χ1) is 26.9. The molecule has 0 saturated carbocycles. The Morgan fingerprint density at radius 1 is 0.719 bits per heavy atom. The van der Waals surface area contributed by atoms with Crippen LogP contribution in [0, 0.1) is 17.8 Å². The highest BCUT2D eigenvalue weighted by molar-refractivity contribution is 5.97. The number of imidazole rings is 1. The van der Waals surface area contributed by atoms with Crippen molar-refractivity contribution in [3.63, 3.8) is 0 Å². The number of nitrogens with zero attached hydrogens (tertiary/aromatic N) is 1. The van der Waals surface area contributed by atoms with Crippen molar-refractivity contribution in [2.75, 3.05) is 0 Å². The van der Waals surface area contributed by atoms with Crippen molar-refractivity contribution in [2.45, 2.75) is 116 Å². The van der Waals surface area contributed by atoms with Crippen LogP contribution in [0.4, 0.5) is 0 Å². The number of rotatable bonds is 23. The maximum Gasteiger partial charge on any atom is 0.326 e. The molecule has 0 bridgehead atoms. The molecule has 57 heavy (non-hydrogen) atoms. The molecule has 0 aliphatic rings. The molecule has 18 heteroatoms. The normalized spacial score (nSPS) is 15.6. The lowest BCUT2D eigenvalue weighted by molar-refractivity contribution is -0.147. The molecule has 18 nitrogen and oxygen atoms in total. The molecule has 0 aliphatic carbocycles. The van der Waals surface area contributed by atoms with E-state index in [0.717, 1.165) is 10.9 Å². The van der Waals surface area contributed by atoms with E-state index in [1.165, 1.54) is 12.5 Å². The summed E-state index contributed by atoms with van der Waals surface area (Å²) < 4.78 is 0. The number of para-hydroxylation sites is 1. The van der Waals surface area contributed by atoms with Crippen LogP contribution in [0.15, 0.2) is 43.0 Å². The van der Waals surface area contributed by atoms with Gasteiger partial charge in [0.1, 0.15) is 30.2 Å². The van der Waals surface area contributed by atoms with Crippen molar-refractivity contribution in [3.05, 3.63) is 54.2 Å². The number of benzene rings is 1. The Balaban J connectivity index is 1.98. The highest BCUT2D eigenvalue weighted by Crippen LogP contribution is 2.20. The minimum atomic E-state index is -1.76. The number of H-pyrrole nitrogens is 2. The van der Waals surface area contributed by atoms with Crippen molar-refractivity contribution in [1.29, 1.82) is 0 Å². The van der Waals surface area contributed by atoms with E-state index in [1.54, 1.807) is 27.0 Å². The van der Waals surface area contributed by atoms with E-state index in [4.69, 9.17) is 5.73 Å². The van der Waals surface area contributed by atoms with Crippen LogP contribution in [-0.4, -0.2) is 103 Å². The summed E-state index contributed by atoms with van der Waals surface area (Å²) in [6, 6.07) is -0.301. The van der Waals surface area contributed by atoms with Crippen molar-refractivity contribution in [3.8, 4) is 0 Å². The number of aliphatic carboxylic acids is 2. The molecule has 8 atom stereocenters. The first-order valence-electron chi connectivity index (χ1n) is 19.2. The van der Waals surface area contributed by atoms with Crippen molar-refractivity contribution < 1.29 is 43.8 Å². The summed E-state index contributed by atoms with van der Waals surface area (Å²) in [5.74, 6) is -7.33. The number of hydrogen-bond acceptors (Lipinski definition) is 9. The number of nitrogens with one attached hydrogen (secondary N) is 7. The van der Waals surface area contributed by atoms with Gasteiger partial charge >= 0.3 is 11.9 Å². The predicted octanol–water partition coefficient (Wildman–Crippen LogP) is 1.13. The van der Waals surface area contributed by atoms with Gasteiger partial charge in [0.2, 0.25) is 29.5 Å². The van der Waals surface area contributed by atoms with E-state index in [9.17, 15) is 43.8 Å². The van der Waals surface area contributed by atoms with Gasteiger partial charge in [0.15, 0.2) is 0 Å². The molecule has 1 aromatic carbocycles. The lowest BCUT2D eigenvalue weighted by atomic mass is 9.95. The second-order valence-electron chi connectivity index (χ2n) is 14.9. The van der Waals surface area contributed by atoms with Gasteiger partial charge in [0.05, 0.1) is 18.8 Å². The molecular weight excluding hydrogens is 738 g/mol. The summed E-state index contributed by atoms with van der Waals surface area (Å²) >= 11 is 0. The Kier molecular flexibility index (Phi) is 17.2. The summed E-state index contributed by atoms with van der Waals surface area (Å²) in [5.41, 5.74) is 8.08. The van der Waals surface area contributed by atoms with E-state index in [0.29, 0.717) is 24.1 Å². The van der Waals surface area contributed by atoms with Crippen LogP contribution < -0.4 is 32.3 Å². The number of carbonyl (C=O) groups excluding carboxylic acids is 5. The third-order valence-corrected chi connectivity index (χ3v) is 10.0. The molecule has 0 aliphatic heterocycles. The van der Waals surface area contributed by atoms with Crippen LogP contribution >= 0.6 is 0 Å². The molecule has 0 saturated heterocycles. The van der Waals surface area contributed by atoms with Gasteiger partial charge in [-0.2, -0.15) is 0 Å². The summed E-state index contributed by atoms with van der Waals surface area (Å²) in [6.07, 6.45) is 4.73. The summed E-state index contributed by atoms with van der Waals surface area (Å²) in [6.45, 7) is 10.9. The van der Waals surface area contributed by atoms with E-state index in [1.807, 2.05) is 45.0 Å². The topological polar surface area (TPSA) is 291 Å². The van der Waals surface area contributed by atoms with Gasteiger partial charge in [-0.25, -0.2) is 9.78 Å². The quantitative estimate of drug-likeness (QED) is 0.0649. The van der Waals surface area contributed by atoms with Crippen LogP contribution in [0.1, 0.15) is 78.5 Å². The van der Waals surface area contributed by atoms with Crippen LogP contribution in [0.25, 0.3) is 10.9 Å². The molecule has 0 radical (unpaired) electrons. The van der Waals surface area contributed by atoms with Gasteiger partial charge in [-0.3, -0.25) is 28.8 Å². The zero-order valence-electron chi connectivity index (χ0n) is 33.3. The van der Waals surface area contributed by atoms with Gasteiger partial charge in [0.25, 0.3) is 0 Å². The second-order valence-corrected chi connectivity index (χ2v) is 14.9. The van der Waals surface area contributed by atoms with Crippen LogP contribution in [-0.2, 0) is 46.4 Å². The lowest BCUT2D eigenvalue weighted by Gasteiger charge is -2.29. The minimum absolute atomic E-state index is 0.0483. The molecule has 11 N–H and O–H groups in total. The Morgan fingerprint density at radius 2 is 1.30 bits per heavy atom. The number of hydrogen-bond donors (Lipinski definition) is 10. The number of fused-ring (bicyclic) bond motifs is 1. The Hall–Kier alpha value is -5.78. The largest absolute Gasteiger partial charge is 0.481 e. The zero-order valence-corrected chi connectivity index (χ0v) is 33.3. The lowest BCUT2D eigenvalue weighted by Crippen LogP contribution is -2.61. The fourth-order valence-electron chi connectivity index (χ4n) is 6.18. The average Bonchev–Trinajstić information content (AvgIpc) is 3.84. The zero-order chi connectivity index (χ0) is 42.4. The molecule has 2 heterocycles. The molecule has 0 fully saturated rings. The number of carbonyl (C=O) groups is 7. The smallest absolute Gasteiger partial charge is 0.326 e. The minimum Gasteiger partial charge on any atom is -0.481 e. The van der Waals surface area contributed by atoms with Crippen LogP contribution in [0.5, 0.6) is 0 Å². The van der Waals surface area contributed by atoms with Crippen molar-refractivity contribution >= 4 is 52.4 Å². The molecule has 5 amide bonds. The highest BCUT2D eigenvalue weighted by atomic mass is 16.4. The van der Waals surface area contributed by atoms with E-state index < -0.39 is 84.1 Å². The van der Waals surface area contributed by atoms with Crippen molar-refractivity contribution in [1.82, 2.24) is 41.5 Å². The van der Waals surface area contributed by atoms with E-state index in [2.05, 4.69) is 41.5 Å². The van der Waals surface area contributed by atoms with Gasteiger partial charge < -0.3 is 52.5 Å². The standard InChI is InChI=1S/C39H57N9O9/c1-7-21(5)32(40)37(54)48-33(22(6)8-2)38(55)46-29(15-24-18-41-19-43-24)36(53)45-28(14-23-17-42-26-12-10-9-11-25(23)26)35(52)44-27(13-20(3)4)34(51)47-30(39(56)57)16-31(49)50/h9-12,17-22,27-30,32-33,42H,7-8,13-16,40H2,1-6H3,(H,41,43)(H,44,52)(H,45,53)(H,46,55)(H,47,51)(H,48,54)(H,49,50)(H,56,57)/t21-,22-,27-,28+,29-,30-,32-,33-/m0/s1. The fraction of sp³-hybridized carbons (Fsp3) is 0.538. The maximum atomic E-state index is 14.3. The average molecular weight is 796 g/mol. The molecule has 0 spiro atoms. The summed E-state index contributed by atoms with van der Waals surface area (Å²) in [7, 11) is 0. The molecule has 3 rings (SSSR count). The SMILES string of the molecule is CC[C@H](C)[C@H](N)C(=O)N[C@H](C(=O)N[C@@H](Cc1cnc[nH]1)C(=O)N[C@H](Cc1c[nH]c2ccccc12)C(=O)N[C@@H](CC(C)C)C(=O)N[C@@H](CC(=O)O)C(=O)O)[C@@H](C)CC. The summed E-state index contributed by atoms with van der Waals surface area (Å²) in [4.78, 5) is 102. The highest BCUT2D eigenvalue weighted by Gasteiger charge is 2.35. The first-order valence-corrected chi connectivity index (χ1v) is 19.2. The number of aromatic amines is 2. The molecule has 0 unspecified atom stereocenters. The van der Waals surface area contributed by atoms with Gasteiger partial charge in [0, 0.05) is 41.8 Å². The van der Waals surface area contributed by atoms with E-state index in [-0.39, 0.29) is 37.0 Å². The number of aromatic nitrogens is 3. The predicted molar refractivity (Wildman–Crippen MR) is 210 cm³/mol. The molecule has 312 valence electrons.